The van der Waals surface area contributed by atoms with E-state index in [4.69, 9.17) is 10.00 Å². The van der Waals surface area contributed by atoms with Crippen molar-refractivity contribution in [1.82, 2.24) is 19.7 Å². The van der Waals surface area contributed by atoms with Gasteiger partial charge in [-0.25, -0.2) is 4.98 Å². The van der Waals surface area contributed by atoms with Gasteiger partial charge in [-0.3, -0.25) is 9.48 Å². The number of carbonyl (C=O) groups is 1. The number of nitrogens with one attached hydrogen (secondary N) is 1. The van der Waals surface area contributed by atoms with E-state index >= 15 is 0 Å². The molecule has 2 aromatic rings. The average Bonchev–Trinajstić information content (AvgIpc) is 3.21. The maximum atomic E-state index is 12.5. The van der Waals surface area contributed by atoms with Crippen molar-refractivity contribution in [3.05, 3.63) is 41.9 Å². The lowest BCUT2D eigenvalue weighted by molar-refractivity contribution is -0.129. The van der Waals surface area contributed by atoms with Crippen LogP contribution in [0.15, 0.2) is 30.7 Å². The molecule has 3 heterocycles. The predicted octanol–water partition coefficient (Wildman–Crippen LogP) is 1.33. The molecule has 1 aliphatic heterocycles. The number of carbonyl (C=O) groups excluding carboxylic acids is 1. The van der Waals surface area contributed by atoms with Crippen LogP contribution in [0.25, 0.3) is 0 Å². The average molecular weight is 354 g/mol. The van der Waals surface area contributed by atoms with Gasteiger partial charge in [-0.15, -0.1) is 0 Å². The highest BCUT2D eigenvalue weighted by Crippen LogP contribution is 2.37. The highest BCUT2D eigenvalue weighted by atomic mass is 16.5. The van der Waals surface area contributed by atoms with Gasteiger partial charge >= 0.3 is 0 Å². The van der Waals surface area contributed by atoms with E-state index in [2.05, 4.69) is 21.5 Å². The topological polar surface area (TPSA) is 96.1 Å². The molecule has 2 aromatic heterocycles. The molecule has 1 amide bonds. The third-order valence-corrected chi connectivity index (χ3v) is 4.58. The minimum atomic E-state index is -0.0442. The molecule has 0 aromatic carbocycles. The van der Waals surface area contributed by atoms with Crippen LogP contribution in [0.4, 0.5) is 5.82 Å². The molecule has 0 saturated carbocycles. The first kappa shape index (κ1) is 17.9. The number of nitriles is 1. The van der Waals surface area contributed by atoms with Crippen LogP contribution in [0.1, 0.15) is 23.6 Å². The van der Waals surface area contributed by atoms with Crippen molar-refractivity contribution in [2.24, 2.45) is 13.0 Å². The zero-order valence-electron chi connectivity index (χ0n) is 14.9. The standard InChI is InChI=1S/C18H22N6O2/c1-23-12-15(11-22-23)18-14(7-17(25)24(18)5-6-26-2)10-21-16-4-3-13(8-19)9-20-16/h3-4,9,11-12,14,18H,5-7,10H2,1-2H3,(H,20,21)/t14-,18+/m0/s1. The number of ether oxygens (including phenoxy) is 1. The van der Waals surface area contributed by atoms with Crippen LogP contribution in [0, 0.1) is 17.2 Å². The molecule has 136 valence electrons. The largest absolute Gasteiger partial charge is 0.383 e. The van der Waals surface area contributed by atoms with Gasteiger partial charge in [0, 0.05) is 57.5 Å². The van der Waals surface area contributed by atoms with Gasteiger partial charge in [-0.05, 0) is 12.1 Å². The van der Waals surface area contributed by atoms with Crippen LogP contribution in [-0.2, 0) is 16.6 Å². The number of aromatic nitrogens is 3. The summed E-state index contributed by atoms with van der Waals surface area (Å²) in [5.41, 5.74) is 1.54. The van der Waals surface area contributed by atoms with E-state index in [-0.39, 0.29) is 17.9 Å². The van der Waals surface area contributed by atoms with Crippen molar-refractivity contribution in [1.29, 1.82) is 5.26 Å². The summed E-state index contributed by atoms with van der Waals surface area (Å²) < 4.78 is 6.91. The van der Waals surface area contributed by atoms with E-state index in [1.54, 1.807) is 23.9 Å². The van der Waals surface area contributed by atoms with Crippen molar-refractivity contribution in [3.8, 4) is 6.07 Å². The van der Waals surface area contributed by atoms with Gasteiger partial charge in [0.1, 0.15) is 11.9 Å². The fourth-order valence-corrected chi connectivity index (χ4v) is 3.35. The number of amides is 1. The van der Waals surface area contributed by atoms with Gasteiger partial charge in [-0.1, -0.05) is 0 Å². The van der Waals surface area contributed by atoms with E-state index in [1.165, 1.54) is 6.20 Å². The van der Waals surface area contributed by atoms with Crippen LogP contribution in [0.5, 0.6) is 0 Å². The van der Waals surface area contributed by atoms with Gasteiger partial charge in [0.15, 0.2) is 0 Å². The maximum Gasteiger partial charge on any atom is 0.223 e. The van der Waals surface area contributed by atoms with Crippen LogP contribution < -0.4 is 5.32 Å². The van der Waals surface area contributed by atoms with Crippen LogP contribution in [-0.4, -0.2) is 52.4 Å². The maximum absolute atomic E-state index is 12.5. The minimum Gasteiger partial charge on any atom is -0.383 e. The summed E-state index contributed by atoms with van der Waals surface area (Å²) in [6, 6.07) is 5.50. The van der Waals surface area contributed by atoms with Gasteiger partial charge < -0.3 is 15.0 Å². The lowest BCUT2D eigenvalue weighted by atomic mass is 9.95. The number of anilines is 1. The molecule has 8 heteroatoms. The van der Waals surface area contributed by atoms with Crippen molar-refractivity contribution in [3.63, 3.8) is 0 Å². The summed E-state index contributed by atoms with van der Waals surface area (Å²) >= 11 is 0. The lowest BCUT2D eigenvalue weighted by Gasteiger charge is -2.27. The Balaban J connectivity index is 1.75. The first-order chi connectivity index (χ1) is 12.6. The van der Waals surface area contributed by atoms with Crippen LogP contribution >= 0.6 is 0 Å². The summed E-state index contributed by atoms with van der Waals surface area (Å²) in [6.45, 7) is 1.66. The Morgan fingerprint density at radius 3 is 2.88 bits per heavy atom. The van der Waals surface area contributed by atoms with E-state index in [9.17, 15) is 4.79 Å². The number of hydrogen-bond acceptors (Lipinski definition) is 6. The molecule has 0 unspecified atom stereocenters. The molecule has 0 aliphatic carbocycles. The molecule has 1 fully saturated rings. The highest BCUT2D eigenvalue weighted by Gasteiger charge is 2.40. The number of aryl methyl sites for hydroxylation is 1. The Hall–Kier alpha value is -2.92. The second-order valence-corrected chi connectivity index (χ2v) is 6.36. The van der Waals surface area contributed by atoms with E-state index in [1.807, 2.05) is 24.3 Å². The van der Waals surface area contributed by atoms with Gasteiger partial charge in [0.05, 0.1) is 24.4 Å². The van der Waals surface area contributed by atoms with Gasteiger partial charge in [-0.2, -0.15) is 10.4 Å². The number of nitrogens with zero attached hydrogens (tertiary/aromatic N) is 5. The summed E-state index contributed by atoms with van der Waals surface area (Å²) in [6.07, 6.45) is 5.77. The predicted molar refractivity (Wildman–Crippen MR) is 95.1 cm³/mol. The fourth-order valence-electron chi connectivity index (χ4n) is 3.35. The first-order valence-corrected chi connectivity index (χ1v) is 8.49. The smallest absolute Gasteiger partial charge is 0.223 e. The Bertz CT molecular complexity index is 795. The molecule has 2 atom stereocenters. The van der Waals surface area contributed by atoms with Crippen molar-refractivity contribution < 1.29 is 9.53 Å². The number of likely N-dealkylation sites (tertiary alicyclic amines) is 1. The molecule has 1 saturated heterocycles. The quantitative estimate of drug-likeness (QED) is 0.806. The highest BCUT2D eigenvalue weighted by molar-refractivity contribution is 5.79. The molecule has 1 aliphatic rings. The zero-order valence-corrected chi connectivity index (χ0v) is 14.9. The summed E-state index contributed by atoms with van der Waals surface area (Å²) in [7, 11) is 3.50. The van der Waals surface area contributed by atoms with Gasteiger partial charge in [0.2, 0.25) is 5.91 Å². The van der Waals surface area contributed by atoms with Crippen molar-refractivity contribution in [2.75, 3.05) is 32.1 Å². The number of methoxy groups -OCH3 is 1. The Labute approximate surface area is 152 Å². The molecule has 26 heavy (non-hydrogen) atoms. The lowest BCUT2D eigenvalue weighted by Crippen LogP contribution is -2.33. The molecular formula is C18H22N6O2. The first-order valence-electron chi connectivity index (χ1n) is 8.49. The summed E-state index contributed by atoms with van der Waals surface area (Å²) in [5, 5.41) is 16.4. The monoisotopic (exact) mass is 354 g/mol. The van der Waals surface area contributed by atoms with E-state index < -0.39 is 0 Å². The summed E-state index contributed by atoms with van der Waals surface area (Å²) in [5.74, 6) is 0.910. The Morgan fingerprint density at radius 2 is 2.27 bits per heavy atom. The summed E-state index contributed by atoms with van der Waals surface area (Å²) in [4.78, 5) is 18.6. The molecule has 0 radical (unpaired) electrons. The van der Waals surface area contributed by atoms with Crippen LogP contribution in [0.2, 0.25) is 0 Å². The fraction of sp³-hybridized carbons (Fsp3) is 0.444. The van der Waals surface area contributed by atoms with Crippen LogP contribution in [0.3, 0.4) is 0 Å². The second-order valence-electron chi connectivity index (χ2n) is 6.36. The minimum absolute atomic E-state index is 0.0442. The molecule has 3 rings (SSSR count). The third kappa shape index (κ3) is 3.83. The SMILES string of the molecule is COCCN1C(=O)C[C@@H](CNc2ccc(C#N)cn2)[C@@H]1c1cnn(C)c1. The van der Waals surface area contributed by atoms with Crippen molar-refractivity contribution >= 4 is 11.7 Å². The third-order valence-electron chi connectivity index (χ3n) is 4.58. The van der Waals surface area contributed by atoms with Gasteiger partial charge in [0.25, 0.3) is 0 Å². The van der Waals surface area contributed by atoms with E-state index in [0.717, 1.165) is 5.56 Å². The molecule has 0 spiro atoms. The number of rotatable bonds is 7. The van der Waals surface area contributed by atoms with Crippen molar-refractivity contribution in [2.45, 2.75) is 12.5 Å². The Kier molecular flexibility index (Phi) is 5.49. The van der Waals surface area contributed by atoms with E-state index in [0.29, 0.717) is 37.5 Å². The molecule has 1 N–H and O–H groups in total. The molecule has 8 nitrogen and oxygen atoms in total. The Morgan fingerprint density at radius 1 is 1.42 bits per heavy atom. The number of pyridine rings is 1. The number of hydrogen-bond donors (Lipinski definition) is 1. The second kappa shape index (κ2) is 7.97. The normalized spacial score (nSPS) is 19.6. The zero-order chi connectivity index (χ0) is 18.5. The molecular weight excluding hydrogens is 332 g/mol. The molecule has 0 bridgehead atoms.